The Morgan fingerprint density at radius 2 is 1.40 bits per heavy atom. The fourth-order valence-corrected chi connectivity index (χ4v) is 5.23. The molecule has 1 aliphatic rings. The van der Waals surface area contributed by atoms with Crippen LogP contribution in [0, 0.1) is 27.7 Å². The van der Waals surface area contributed by atoms with Crippen LogP contribution in [-0.4, -0.2) is 17.5 Å². The number of rotatable bonds is 13. The van der Waals surface area contributed by atoms with Gasteiger partial charge in [-0.25, -0.2) is 4.99 Å². The summed E-state index contributed by atoms with van der Waals surface area (Å²) in [6.07, 6.45) is 12.1. The van der Waals surface area contributed by atoms with Crippen LogP contribution in [0.5, 0.6) is 11.5 Å². The number of phenols is 1. The fourth-order valence-electron chi connectivity index (χ4n) is 5.23. The summed E-state index contributed by atoms with van der Waals surface area (Å²) in [5, 5.41) is 13.0. The van der Waals surface area contributed by atoms with E-state index >= 15 is 0 Å². The molecule has 0 aromatic heterocycles. The summed E-state index contributed by atoms with van der Waals surface area (Å²) in [4.78, 5) is 4.97. The number of benzene rings is 3. The third kappa shape index (κ3) is 7.68. The van der Waals surface area contributed by atoms with Crippen molar-refractivity contribution in [2.24, 2.45) is 4.99 Å². The van der Waals surface area contributed by atoms with Crippen molar-refractivity contribution in [2.45, 2.75) is 86.0 Å². The Morgan fingerprint density at radius 1 is 0.750 bits per heavy atom. The van der Waals surface area contributed by atoms with Crippen LogP contribution in [0.1, 0.15) is 91.7 Å². The molecule has 1 heterocycles. The van der Waals surface area contributed by atoms with Crippen LogP contribution in [0.3, 0.4) is 0 Å². The third-order valence-electron chi connectivity index (χ3n) is 7.47. The molecule has 0 saturated heterocycles. The lowest BCUT2D eigenvalue weighted by molar-refractivity contribution is 0.302. The minimum atomic E-state index is 0.141. The van der Waals surface area contributed by atoms with Crippen LogP contribution < -0.4 is 15.2 Å². The summed E-state index contributed by atoms with van der Waals surface area (Å²) in [6.45, 7) is 11.3. The highest BCUT2D eigenvalue weighted by Crippen LogP contribution is 2.31. The number of aliphatic imine (C=N–C) groups is 1. The van der Waals surface area contributed by atoms with Gasteiger partial charge in [0.2, 0.25) is 0 Å². The van der Waals surface area contributed by atoms with Crippen molar-refractivity contribution in [3.63, 3.8) is 0 Å². The van der Waals surface area contributed by atoms with Crippen molar-refractivity contribution >= 4 is 17.2 Å². The van der Waals surface area contributed by atoms with Gasteiger partial charge in [-0.1, -0.05) is 93.3 Å². The van der Waals surface area contributed by atoms with Gasteiger partial charge in [-0.3, -0.25) is 10.4 Å². The van der Waals surface area contributed by atoms with E-state index in [1.54, 1.807) is 6.07 Å². The molecule has 0 radical (unpaired) electrons. The van der Waals surface area contributed by atoms with Gasteiger partial charge in [0.15, 0.2) is 5.84 Å². The summed E-state index contributed by atoms with van der Waals surface area (Å²) in [6, 6.07) is 18.3. The highest BCUT2D eigenvalue weighted by atomic mass is 16.5. The molecule has 5 nitrogen and oxygen atoms in total. The molecule has 1 aliphatic heterocycles. The minimum absolute atomic E-state index is 0.141. The number of phenolic OH excluding ortho intramolecular Hbond substituents is 1. The Hall–Kier alpha value is -3.73. The van der Waals surface area contributed by atoms with E-state index in [0.717, 1.165) is 34.5 Å². The molecule has 0 spiro atoms. The molecule has 0 saturated carbocycles. The average molecular weight is 540 g/mol. The molecule has 40 heavy (non-hydrogen) atoms. The Bertz CT molecular complexity index is 1360. The molecule has 4 rings (SSSR count). The van der Waals surface area contributed by atoms with Crippen LogP contribution in [0.15, 0.2) is 65.8 Å². The normalized spacial score (nSPS) is 13.1. The molecule has 0 amide bonds. The average Bonchev–Trinajstić information content (AvgIpc) is 2.92. The van der Waals surface area contributed by atoms with Crippen molar-refractivity contribution < 1.29 is 9.84 Å². The van der Waals surface area contributed by atoms with E-state index in [9.17, 15) is 5.11 Å². The molecule has 0 aliphatic carbocycles. The Labute approximate surface area is 240 Å². The molecule has 2 N–H and O–H groups in total. The molecule has 0 atom stereocenters. The van der Waals surface area contributed by atoms with Gasteiger partial charge in [-0.15, -0.1) is 0 Å². The molecular weight excluding hydrogens is 494 g/mol. The predicted octanol–water partition coefficient (Wildman–Crippen LogP) is 8.92. The highest BCUT2D eigenvalue weighted by Gasteiger charge is 2.21. The molecule has 3 aromatic rings. The largest absolute Gasteiger partial charge is 0.507 e. The van der Waals surface area contributed by atoms with E-state index in [-0.39, 0.29) is 5.75 Å². The van der Waals surface area contributed by atoms with Gasteiger partial charge < -0.3 is 9.84 Å². The summed E-state index contributed by atoms with van der Waals surface area (Å²) < 4.78 is 5.97. The number of nitrogens with zero attached hydrogens (tertiary/aromatic N) is 2. The van der Waals surface area contributed by atoms with Gasteiger partial charge in [0, 0.05) is 11.6 Å². The fraction of sp³-hybridized carbons (Fsp3) is 0.400. The highest BCUT2D eigenvalue weighted by molar-refractivity contribution is 6.06. The lowest BCUT2D eigenvalue weighted by atomic mass is 10.0. The first-order valence-electron chi connectivity index (χ1n) is 14.8. The van der Waals surface area contributed by atoms with E-state index in [2.05, 4.69) is 76.4 Å². The molecule has 0 unspecified atom stereocenters. The third-order valence-corrected chi connectivity index (χ3v) is 7.47. The van der Waals surface area contributed by atoms with E-state index in [1.165, 1.54) is 56.1 Å². The maximum atomic E-state index is 11.0. The van der Waals surface area contributed by atoms with Crippen LogP contribution in [0.4, 0.5) is 5.69 Å². The Morgan fingerprint density at radius 3 is 2.08 bits per heavy atom. The SMILES string of the molecule is CCCCCCCCCCOc1ccc(C2=NC(c3ccc(C)cc3C)=CN(c3ccc(C)cc3C)N2)c(O)c1. The molecule has 3 aromatic carbocycles. The number of hydrazine groups is 1. The van der Waals surface area contributed by atoms with Crippen molar-refractivity contribution in [1.82, 2.24) is 5.43 Å². The van der Waals surface area contributed by atoms with Gasteiger partial charge in [-0.2, -0.15) is 0 Å². The first-order valence-corrected chi connectivity index (χ1v) is 14.8. The van der Waals surface area contributed by atoms with E-state index in [1.807, 2.05) is 23.3 Å². The van der Waals surface area contributed by atoms with Crippen LogP contribution >= 0.6 is 0 Å². The van der Waals surface area contributed by atoms with Crippen molar-refractivity contribution in [2.75, 3.05) is 11.6 Å². The second-order valence-electron chi connectivity index (χ2n) is 11.1. The predicted molar refractivity (Wildman–Crippen MR) is 168 cm³/mol. The van der Waals surface area contributed by atoms with Crippen LogP contribution in [0.25, 0.3) is 5.70 Å². The smallest absolute Gasteiger partial charge is 0.156 e. The maximum absolute atomic E-state index is 11.0. The second kappa shape index (κ2) is 14.1. The van der Waals surface area contributed by atoms with Crippen LogP contribution in [-0.2, 0) is 0 Å². The topological polar surface area (TPSA) is 57.1 Å². The molecule has 5 heteroatoms. The molecule has 0 fully saturated rings. The second-order valence-corrected chi connectivity index (χ2v) is 11.1. The molecular formula is C35H45N3O2. The first-order chi connectivity index (χ1) is 19.4. The molecule has 212 valence electrons. The number of ether oxygens (including phenoxy) is 1. The zero-order valence-electron chi connectivity index (χ0n) is 24.9. The Balaban J connectivity index is 1.50. The summed E-state index contributed by atoms with van der Waals surface area (Å²) in [7, 11) is 0. The van der Waals surface area contributed by atoms with Gasteiger partial charge in [-0.05, 0) is 63.4 Å². The quantitative estimate of drug-likeness (QED) is 0.213. The maximum Gasteiger partial charge on any atom is 0.156 e. The van der Waals surface area contributed by atoms with Gasteiger partial charge in [0.05, 0.1) is 29.8 Å². The number of hydrogen-bond acceptors (Lipinski definition) is 5. The van der Waals surface area contributed by atoms with Crippen molar-refractivity contribution in [3.05, 3.63) is 94.2 Å². The number of nitrogens with one attached hydrogen (secondary N) is 1. The number of unbranched alkanes of at least 4 members (excludes halogenated alkanes) is 7. The van der Waals surface area contributed by atoms with Crippen LogP contribution in [0.2, 0.25) is 0 Å². The zero-order valence-corrected chi connectivity index (χ0v) is 24.9. The summed E-state index contributed by atoms with van der Waals surface area (Å²) in [5.74, 6) is 1.41. The number of aryl methyl sites for hydroxylation is 4. The van der Waals surface area contributed by atoms with Gasteiger partial charge in [0.25, 0.3) is 0 Å². The number of hydrogen-bond donors (Lipinski definition) is 2. The number of aromatic hydroxyl groups is 1. The van der Waals surface area contributed by atoms with Crippen molar-refractivity contribution in [1.29, 1.82) is 0 Å². The molecule has 0 bridgehead atoms. The van der Waals surface area contributed by atoms with E-state index < -0.39 is 0 Å². The van der Waals surface area contributed by atoms with Gasteiger partial charge >= 0.3 is 0 Å². The monoisotopic (exact) mass is 539 g/mol. The van der Waals surface area contributed by atoms with E-state index in [0.29, 0.717) is 23.8 Å². The van der Waals surface area contributed by atoms with E-state index in [4.69, 9.17) is 9.73 Å². The summed E-state index contributed by atoms with van der Waals surface area (Å²) >= 11 is 0. The summed E-state index contributed by atoms with van der Waals surface area (Å²) in [5.41, 5.74) is 11.7. The zero-order chi connectivity index (χ0) is 28.5. The minimum Gasteiger partial charge on any atom is -0.507 e. The lowest BCUT2D eigenvalue weighted by Gasteiger charge is -2.30. The number of amidine groups is 1. The Kier molecular flexibility index (Phi) is 10.3. The first kappa shape index (κ1) is 29.3. The lowest BCUT2D eigenvalue weighted by Crippen LogP contribution is -2.42. The van der Waals surface area contributed by atoms with Crippen molar-refractivity contribution in [3.8, 4) is 11.5 Å². The van der Waals surface area contributed by atoms with Gasteiger partial charge in [0.1, 0.15) is 11.5 Å². The number of anilines is 1. The standard InChI is InChI=1S/C35H45N3O2/c1-6-7-8-9-10-11-12-13-20-40-29-16-18-31(34(39)23-29)35-36-32(30-17-14-25(2)21-27(30)4)24-38(37-35)33-19-15-26(3)22-28(33)5/h14-19,21-24,39H,6-13,20H2,1-5H3,(H,36,37).